The molecule has 0 aliphatic rings. The van der Waals surface area contributed by atoms with E-state index in [1.54, 1.807) is 18.2 Å². The monoisotopic (exact) mass is 294 g/mol. The predicted octanol–water partition coefficient (Wildman–Crippen LogP) is 3.24. The fourth-order valence-electron chi connectivity index (χ4n) is 1.31. The first-order valence-corrected chi connectivity index (χ1v) is 5.62. The second kappa shape index (κ2) is 5.05. The standard InChI is InChI=1S/C12H8BrFN2O/c13-9-3-1-2-8(4-9)12(17)16-11-5-10(14)6-15-7-11/h1-7H,(H,16,17). The van der Waals surface area contributed by atoms with Gasteiger partial charge in [0.05, 0.1) is 18.1 Å². The summed E-state index contributed by atoms with van der Waals surface area (Å²) in [6.45, 7) is 0. The van der Waals surface area contributed by atoms with Crippen molar-refractivity contribution in [2.24, 2.45) is 0 Å². The Bertz CT molecular complexity index is 560. The van der Waals surface area contributed by atoms with Gasteiger partial charge < -0.3 is 5.32 Å². The summed E-state index contributed by atoms with van der Waals surface area (Å²) < 4.78 is 13.7. The quantitative estimate of drug-likeness (QED) is 0.924. The van der Waals surface area contributed by atoms with Crippen molar-refractivity contribution >= 4 is 27.5 Å². The van der Waals surface area contributed by atoms with Crippen LogP contribution in [0.1, 0.15) is 10.4 Å². The number of hydrogen-bond donors (Lipinski definition) is 1. The molecule has 0 aliphatic heterocycles. The predicted molar refractivity (Wildman–Crippen MR) is 66.3 cm³/mol. The molecular weight excluding hydrogens is 287 g/mol. The number of amides is 1. The van der Waals surface area contributed by atoms with Crippen LogP contribution in [0.15, 0.2) is 47.2 Å². The van der Waals surface area contributed by atoms with Gasteiger partial charge in [-0.05, 0) is 18.2 Å². The number of nitrogens with one attached hydrogen (secondary N) is 1. The molecule has 86 valence electrons. The minimum absolute atomic E-state index is 0.307. The van der Waals surface area contributed by atoms with E-state index >= 15 is 0 Å². The lowest BCUT2D eigenvalue weighted by Gasteiger charge is -2.04. The molecule has 1 heterocycles. The van der Waals surface area contributed by atoms with Crippen LogP contribution in [0.5, 0.6) is 0 Å². The molecule has 0 bridgehead atoms. The van der Waals surface area contributed by atoms with Crippen molar-refractivity contribution in [1.29, 1.82) is 0 Å². The molecule has 2 aromatic rings. The van der Waals surface area contributed by atoms with Crippen LogP contribution < -0.4 is 5.32 Å². The highest BCUT2D eigenvalue weighted by molar-refractivity contribution is 9.10. The van der Waals surface area contributed by atoms with Crippen molar-refractivity contribution in [2.75, 3.05) is 5.32 Å². The number of halogens is 2. The minimum atomic E-state index is -0.489. The number of carbonyl (C=O) groups excluding carboxylic acids is 1. The maximum atomic E-state index is 12.9. The molecule has 3 nitrogen and oxygen atoms in total. The van der Waals surface area contributed by atoms with Gasteiger partial charge >= 0.3 is 0 Å². The smallest absolute Gasteiger partial charge is 0.255 e. The lowest BCUT2D eigenvalue weighted by atomic mass is 10.2. The van der Waals surface area contributed by atoms with E-state index in [9.17, 15) is 9.18 Å². The summed E-state index contributed by atoms with van der Waals surface area (Å²) in [6, 6.07) is 8.14. The van der Waals surface area contributed by atoms with E-state index in [1.165, 1.54) is 12.3 Å². The summed E-state index contributed by atoms with van der Waals surface area (Å²) in [5.74, 6) is -0.796. The molecule has 5 heteroatoms. The van der Waals surface area contributed by atoms with E-state index in [0.717, 1.165) is 10.7 Å². The lowest BCUT2D eigenvalue weighted by molar-refractivity contribution is 0.102. The Balaban J connectivity index is 2.17. The summed E-state index contributed by atoms with van der Waals surface area (Å²) in [6.07, 6.45) is 2.47. The van der Waals surface area contributed by atoms with Crippen molar-refractivity contribution in [3.63, 3.8) is 0 Å². The average molecular weight is 295 g/mol. The average Bonchev–Trinajstić information content (AvgIpc) is 2.29. The Morgan fingerprint density at radius 2 is 2.12 bits per heavy atom. The molecule has 2 rings (SSSR count). The van der Waals surface area contributed by atoms with Gasteiger partial charge in [-0.15, -0.1) is 0 Å². The highest BCUT2D eigenvalue weighted by Gasteiger charge is 2.06. The number of rotatable bonds is 2. The Hall–Kier alpha value is -1.75. The van der Waals surface area contributed by atoms with Gasteiger partial charge in [0, 0.05) is 16.1 Å². The molecule has 0 saturated heterocycles. The third kappa shape index (κ3) is 3.10. The zero-order valence-corrected chi connectivity index (χ0v) is 10.2. The van der Waals surface area contributed by atoms with Gasteiger partial charge in [-0.2, -0.15) is 0 Å². The van der Waals surface area contributed by atoms with Crippen LogP contribution in [-0.2, 0) is 0 Å². The number of pyridine rings is 1. The second-order valence-electron chi connectivity index (χ2n) is 3.36. The van der Waals surface area contributed by atoms with Crippen molar-refractivity contribution in [2.45, 2.75) is 0 Å². The molecule has 1 aromatic carbocycles. The third-order valence-electron chi connectivity index (χ3n) is 2.05. The summed E-state index contributed by atoms with van der Waals surface area (Å²) in [5, 5.41) is 2.56. The molecule has 0 saturated carbocycles. The molecule has 0 aliphatic carbocycles. The normalized spacial score (nSPS) is 10.0. The van der Waals surface area contributed by atoms with E-state index in [4.69, 9.17) is 0 Å². The molecule has 1 N–H and O–H groups in total. The van der Waals surface area contributed by atoms with Crippen LogP contribution in [0.25, 0.3) is 0 Å². The zero-order valence-electron chi connectivity index (χ0n) is 8.65. The largest absolute Gasteiger partial charge is 0.320 e. The third-order valence-corrected chi connectivity index (χ3v) is 2.54. The summed E-state index contributed by atoms with van der Waals surface area (Å²) >= 11 is 3.28. The van der Waals surface area contributed by atoms with E-state index in [0.29, 0.717) is 11.3 Å². The van der Waals surface area contributed by atoms with Gasteiger partial charge in [0.25, 0.3) is 5.91 Å². The summed E-state index contributed by atoms with van der Waals surface area (Å²) in [4.78, 5) is 15.4. The van der Waals surface area contributed by atoms with E-state index < -0.39 is 5.82 Å². The molecule has 1 aromatic heterocycles. The molecule has 0 atom stereocenters. The van der Waals surface area contributed by atoms with Crippen LogP contribution in [0, 0.1) is 5.82 Å². The Labute approximate surface area is 106 Å². The fourth-order valence-corrected chi connectivity index (χ4v) is 1.71. The van der Waals surface area contributed by atoms with Gasteiger partial charge in [-0.3, -0.25) is 9.78 Å². The van der Waals surface area contributed by atoms with Crippen LogP contribution >= 0.6 is 15.9 Å². The van der Waals surface area contributed by atoms with Crippen molar-refractivity contribution < 1.29 is 9.18 Å². The number of nitrogens with zero attached hydrogens (tertiary/aromatic N) is 1. The minimum Gasteiger partial charge on any atom is -0.320 e. The molecule has 0 unspecified atom stereocenters. The van der Waals surface area contributed by atoms with Gasteiger partial charge in [-0.1, -0.05) is 22.0 Å². The fraction of sp³-hybridized carbons (Fsp3) is 0. The first-order chi connectivity index (χ1) is 8.15. The van der Waals surface area contributed by atoms with Crippen molar-refractivity contribution in [3.05, 3.63) is 58.6 Å². The van der Waals surface area contributed by atoms with Crippen LogP contribution in [-0.4, -0.2) is 10.9 Å². The zero-order chi connectivity index (χ0) is 12.3. The highest BCUT2D eigenvalue weighted by Crippen LogP contribution is 2.14. The van der Waals surface area contributed by atoms with Gasteiger partial charge in [-0.25, -0.2) is 4.39 Å². The Morgan fingerprint density at radius 3 is 2.82 bits per heavy atom. The highest BCUT2D eigenvalue weighted by atomic mass is 79.9. The Kier molecular flexibility index (Phi) is 3.49. The molecular formula is C12H8BrFN2O. The first-order valence-electron chi connectivity index (χ1n) is 4.82. The van der Waals surface area contributed by atoms with Gasteiger partial charge in [0.2, 0.25) is 0 Å². The number of carbonyl (C=O) groups is 1. The Morgan fingerprint density at radius 1 is 1.29 bits per heavy atom. The maximum Gasteiger partial charge on any atom is 0.255 e. The van der Waals surface area contributed by atoms with E-state index in [2.05, 4.69) is 26.2 Å². The molecule has 0 fully saturated rings. The lowest BCUT2D eigenvalue weighted by Crippen LogP contribution is -2.12. The van der Waals surface area contributed by atoms with Crippen LogP contribution in [0.3, 0.4) is 0 Å². The number of aromatic nitrogens is 1. The second-order valence-corrected chi connectivity index (χ2v) is 4.27. The van der Waals surface area contributed by atoms with Crippen LogP contribution in [0.2, 0.25) is 0 Å². The summed E-state index contributed by atoms with van der Waals surface area (Å²) in [7, 11) is 0. The van der Waals surface area contributed by atoms with E-state index in [1.807, 2.05) is 6.07 Å². The van der Waals surface area contributed by atoms with Crippen molar-refractivity contribution in [1.82, 2.24) is 4.98 Å². The number of hydrogen-bond acceptors (Lipinski definition) is 2. The SMILES string of the molecule is O=C(Nc1cncc(F)c1)c1cccc(Br)c1. The van der Waals surface area contributed by atoms with Crippen LogP contribution in [0.4, 0.5) is 10.1 Å². The maximum absolute atomic E-state index is 12.9. The first kappa shape index (κ1) is 11.7. The number of anilines is 1. The molecule has 17 heavy (non-hydrogen) atoms. The van der Waals surface area contributed by atoms with Crippen molar-refractivity contribution in [3.8, 4) is 0 Å². The molecule has 1 amide bonds. The topological polar surface area (TPSA) is 42.0 Å². The summed E-state index contributed by atoms with van der Waals surface area (Å²) in [5.41, 5.74) is 0.818. The number of benzene rings is 1. The van der Waals surface area contributed by atoms with Gasteiger partial charge in [0.15, 0.2) is 0 Å². The van der Waals surface area contributed by atoms with Gasteiger partial charge in [0.1, 0.15) is 5.82 Å². The molecule has 0 spiro atoms. The van der Waals surface area contributed by atoms with E-state index in [-0.39, 0.29) is 5.91 Å². The molecule has 0 radical (unpaired) electrons.